The van der Waals surface area contributed by atoms with E-state index < -0.39 is 30.4 Å². The highest BCUT2D eigenvalue weighted by Gasteiger charge is 2.24. The van der Waals surface area contributed by atoms with Crippen LogP contribution in [0.2, 0.25) is 0 Å². The number of amides is 2. The predicted octanol–water partition coefficient (Wildman–Crippen LogP) is 1.43. The normalized spacial score (nSPS) is 23.1. The van der Waals surface area contributed by atoms with Crippen molar-refractivity contribution in [3.8, 4) is 0 Å². The molecule has 0 aliphatic heterocycles. The van der Waals surface area contributed by atoms with Crippen LogP contribution in [0.5, 0.6) is 0 Å². The number of nitrogens with one attached hydrogen (secondary N) is 2. The van der Waals surface area contributed by atoms with Crippen LogP contribution in [0.15, 0.2) is 0 Å². The summed E-state index contributed by atoms with van der Waals surface area (Å²) in [6.07, 6.45) is 5.02. The van der Waals surface area contributed by atoms with Crippen LogP contribution >= 0.6 is 0 Å². The first kappa shape index (κ1) is 17.3. The maximum atomic E-state index is 11.6. The van der Waals surface area contributed by atoms with Crippen LogP contribution in [-0.2, 0) is 9.59 Å². The Morgan fingerprint density at radius 1 is 1.10 bits per heavy atom. The first-order valence-electron chi connectivity index (χ1n) is 7.41. The Labute approximate surface area is 124 Å². The Morgan fingerprint density at radius 3 is 2.14 bits per heavy atom. The molecule has 2 amide bonds. The number of hydrogen-bond acceptors (Lipinski definition) is 3. The fourth-order valence-electron chi connectivity index (χ4n) is 2.66. The number of carboxylic acid groups (broad SMARTS) is 2. The zero-order valence-electron chi connectivity index (χ0n) is 12.3. The SMILES string of the molecule is CCC1CCC(CNC(=O)N[C@H](CC(=O)O)C(=O)O)CC1. The first-order chi connectivity index (χ1) is 9.92. The highest BCUT2D eigenvalue weighted by molar-refractivity contribution is 5.86. The van der Waals surface area contributed by atoms with Crippen molar-refractivity contribution in [2.45, 2.75) is 51.5 Å². The highest BCUT2D eigenvalue weighted by Crippen LogP contribution is 2.29. The van der Waals surface area contributed by atoms with Gasteiger partial charge < -0.3 is 20.8 Å². The van der Waals surface area contributed by atoms with E-state index in [1.165, 1.54) is 19.3 Å². The van der Waals surface area contributed by atoms with Crippen LogP contribution < -0.4 is 10.6 Å². The molecule has 4 N–H and O–H groups in total. The molecular weight excluding hydrogens is 276 g/mol. The Kier molecular flexibility index (Phi) is 6.98. The van der Waals surface area contributed by atoms with E-state index in [1.54, 1.807) is 0 Å². The summed E-state index contributed by atoms with van der Waals surface area (Å²) in [5, 5.41) is 22.2. The van der Waals surface area contributed by atoms with Gasteiger partial charge in [-0.2, -0.15) is 0 Å². The molecule has 1 fully saturated rings. The molecular formula is C14H24N2O5. The standard InChI is InChI=1S/C14H24N2O5/c1-2-9-3-5-10(6-4-9)8-15-14(21)16-11(13(19)20)7-12(17)18/h9-11H,2-8H2,1H3,(H,17,18)(H,19,20)(H2,15,16,21)/t9?,10?,11-/m1/s1. The maximum Gasteiger partial charge on any atom is 0.326 e. The van der Waals surface area contributed by atoms with E-state index >= 15 is 0 Å². The average Bonchev–Trinajstić information content (AvgIpc) is 2.44. The molecule has 0 aromatic rings. The number of carboxylic acids is 2. The van der Waals surface area contributed by atoms with Crippen LogP contribution in [0.1, 0.15) is 45.4 Å². The summed E-state index contributed by atoms with van der Waals surface area (Å²) in [5.41, 5.74) is 0. The molecule has 1 rings (SSSR count). The van der Waals surface area contributed by atoms with Crippen molar-refractivity contribution in [2.24, 2.45) is 11.8 Å². The minimum Gasteiger partial charge on any atom is -0.481 e. The Bertz CT molecular complexity index is 378. The number of urea groups is 1. The smallest absolute Gasteiger partial charge is 0.326 e. The third-order valence-electron chi connectivity index (χ3n) is 4.08. The van der Waals surface area contributed by atoms with Gasteiger partial charge in [-0.3, -0.25) is 4.79 Å². The van der Waals surface area contributed by atoms with Gasteiger partial charge in [0.2, 0.25) is 0 Å². The first-order valence-corrected chi connectivity index (χ1v) is 7.41. The van der Waals surface area contributed by atoms with Crippen LogP contribution in [0, 0.1) is 11.8 Å². The van der Waals surface area contributed by atoms with E-state index in [1.807, 2.05) is 0 Å². The molecule has 0 saturated heterocycles. The predicted molar refractivity (Wildman–Crippen MR) is 76.0 cm³/mol. The van der Waals surface area contributed by atoms with E-state index in [4.69, 9.17) is 10.2 Å². The number of hydrogen-bond donors (Lipinski definition) is 4. The third-order valence-corrected chi connectivity index (χ3v) is 4.08. The lowest BCUT2D eigenvalue weighted by Crippen LogP contribution is -2.48. The van der Waals surface area contributed by atoms with Crippen LogP contribution in [0.4, 0.5) is 4.79 Å². The van der Waals surface area contributed by atoms with Crippen molar-refractivity contribution >= 4 is 18.0 Å². The van der Waals surface area contributed by atoms with Gasteiger partial charge in [-0.25, -0.2) is 9.59 Å². The summed E-state index contributed by atoms with van der Waals surface area (Å²) in [6.45, 7) is 2.69. The van der Waals surface area contributed by atoms with Gasteiger partial charge in [0.15, 0.2) is 0 Å². The lowest BCUT2D eigenvalue weighted by molar-refractivity contribution is -0.145. The highest BCUT2D eigenvalue weighted by atomic mass is 16.4. The molecule has 7 heteroatoms. The van der Waals surface area contributed by atoms with Gasteiger partial charge in [-0.05, 0) is 24.7 Å². The second-order valence-electron chi connectivity index (χ2n) is 5.64. The van der Waals surface area contributed by atoms with Crippen molar-refractivity contribution in [2.75, 3.05) is 6.54 Å². The molecule has 120 valence electrons. The molecule has 0 unspecified atom stereocenters. The fraction of sp³-hybridized carbons (Fsp3) is 0.786. The minimum atomic E-state index is -1.40. The van der Waals surface area contributed by atoms with Crippen molar-refractivity contribution in [1.29, 1.82) is 0 Å². The van der Waals surface area contributed by atoms with E-state index in [9.17, 15) is 14.4 Å². The van der Waals surface area contributed by atoms with E-state index in [2.05, 4.69) is 17.6 Å². The maximum absolute atomic E-state index is 11.6. The number of carbonyl (C=O) groups excluding carboxylic acids is 1. The van der Waals surface area contributed by atoms with Gasteiger partial charge in [0.1, 0.15) is 6.04 Å². The van der Waals surface area contributed by atoms with Crippen molar-refractivity contribution in [3.05, 3.63) is 0 Å². The lowest BCUT2D eigenvalue weighted by Gasteiger charge is -2.28. The van der Waals surface area contributed by atoms with Crippen LogP contribution in [0.3, 0.4) is 0 Å². The summed E-state index contributed by atoms with van der Waals surface area (Å²) in [6, 6.07) is -2.03. The molecule has 1 saturated carbocycles. The summed E-state index contributed by atoms with van der Waals surface area (Å²) < 4.78 is 0. The molecule has 0 radical (unpaired) electrons. The molecule has 1 aliphatic rings. The lowest BCUT2D eigenvalue weighted by atomic mass is 9.81. The minimum absolute atomic E-state index is 0.418. The van der Waals surface area contributed by atoms with E-state index in [-0.39, 0.29) is 0 Å². The summed E-state index contributed by atoms with van der Waals surface area (Å²) in [4.78, 5) is 33.0. The van der Waals surface area contributed by atoms with Gasteiger partial charge in [-0.15, -0.1) is 0 Å². The van der Waals surface area contributed by atoms with E-state index in [0.29, 0.717) is 12.5 Å². The van der Waals surface area contributed by atoms with E-state index in [0.717, 1.165) is 18.8 Å². The molecule has 1 aliphatic carbocycles. The topological polar surface area (TPSA) is 116 Å². The second-order valence-corrected chi connectivity index (χ2v) is 5.64. The monoisotopic (exact) mass is 300 g/mol. The molecule has 1 atom stereocenters. The summed E-state index contributed by atoms with van der Waals surface area (Å²) >= 11 is 0. The van der Waals surface area contributed by atoms with Gasteiger partial charge in [0.25, 0.3) is 0 Å². The van der Waals surface area contributed by atoms with Crippen molar-refractivity contribution in [3.63, 3.8) is 0 Å². The van der Waals surface area contributed by atoms with Gasteiger partial charge >= 0.3 is 18.0 Å². The van der Waals surface area contributed by atoms with Gasteiger partial charge in [-0.1, -0.05) is 26.2 Å². The quantitative estimate of drug-likeness (QED) is 0.567. The van der Waals surface area contributed by atoms with Gasteiger partial charge in [0.05, 0.1) is 6.42 Å². The van der Waals surface area contributed by atoms with Crippen molar-refractivity contribution in [1.82, 2.24) is 10.6 Å². The largest absolute Gasteiger partial charge is 0.481 e. The summed E-state index contributed by atoms with van der Waals surface area (Å²) in [7, 11) is 0. The molecule has 0 aromatic heterocycles. The molecule has 0 aromatic carbocycles. The molecule has 21 heavy (non-hydrogen) atoms. The second kappa shape index (κ2) is 8.49. The Morgan fingerprint density at radius 2 is 1.67 bits per heavy atom. The molecule has 0 spiro atoms. The zero-order valence-corrected chi connectivity index (χ0v) is 12.3. The zero-order chi connectivity index (χ0) is 15.8. The van der Waals surface area contributed by atoms with Crippen LogP contribution in [-0.4, -0.2) is 40.8 Å². The molecule has 0 heterocycles. The van der Waals surface area contributed by atoms with Crippen molar-refractivity contribution < 1.29 is 24.6 Å². The molecule has 0 bridgehead atoms. The fourth-order valence-corrected chi connectivity index (χ4v) is 2.66. The number of aliphatic carboxylic acids is 2. The average molecular weight is 300 g/mol. The Hall–Kier alpha value is -1.79. The molecule has 7 nitrogen and oxygen atoms in total. The Balaban J connectivity index is 2.30. The van der Waals surface area contributed by atoms with Crippen LogP contribution in [0.25, 0.3) is 0 Å². The van der Waals surface area contributed by atoms with Gasteiger partial charge in [0, 0.05) is 6.54 Å². The number of rotatable bonds is 7. The third kappa shape index (κ3) is 6.46. The summed E-state index contributed by atoms with van der Waals surface area (Å²) in [5.74, 6) is -1.42. The number of carbonyl (C=O) groups is 3.